The number of benzene rings is 1. The highest BCUT2D eigenvalue weighted by atomic mass is 16.5. The van der Waals surface area contributed by atoms with Gasteiger partial charge in [0.05, 0.1) is 14.2 Å². The second-order valence-corrected chi connectivity index (χ2v) is 6.07. The second-order valence-electron chi connectivity index (χ2n) is 6.07. The van der Waals surface area contributed by atoms with E-state index in [-0.39, 0.29) is 0 Å². The monoisotopic (exact) mass is 291 g/mol. The molecule has 0 spiro atoms. The van der Waals surface area contributed by atoms with Crippen molar-refractivity contribution >= 4 is 0 Å². The third-order valence-electron chi connectivity index (χ3n) is 5.02. The van der Waals surface area contributed by atoms with Gasteiger partial charge in [0.15, 0.2) is 11.5 Å². The number of rotatable bonds is 6. The number of nitrogens with one attached hydrogen (secondary N) is 1. The fourth-order valence-corrected chi connectivity index (χ4v) is 3.65. The van der Waals surface area contributed by atoms with Gasteiger partial charge in [0, 0.05) is 6.04 Å². The van der Waals surface area contributed by atoms with E-state index in [0.29, 0.717) is 6.04 Å². The summed E-state index contributed by atoms with van der Waals surface area (Å²) in [6, 6.07) is 6.69. The third kappa shape index (κ3) is 3.70. The Morgan fingerprint density at radius 3 is 2.29 bits per heavy atom. The lowest BCUT2D eigenvalue weighted by Gasteiger charge is -2.34. The van der Waals surface area contributed by atoms with E-state index < -0.39 is 0 Å². The zero-order valence-corrected chi connectivity index (χ0v) is 13.8. The fraction of sp³-hybridized carbons (Fsp3) is 0.667. The van der Waals surface area contributed by atoms with E-state index in [1.807, 2.05) is 6.07 Å². The summed E-state index contributed by atoms with van der Waals surface area (Å²) < 4.78 is 10.8. The van der Waals surface area contributed by atoms with Crippen molar-refractivity contribution < 1.29 is 9.47 Å². The molecule has 1 aromatic rings. The van der Waals surface area contributed by atoms with Crippen LogP contribution in [-0.4, -0.2) is 21.3 Å². The Labute approximate surface area is 129 Å². The highest BCUT2D eigenvalue weighted by molar-refractivity contribution is 5.44. The van der Waals surface area contributed by atoms with E-state index >= 15 is 0 Å². The van der Waals surface area contributed by atoms with Crippen molar-refractivity contribution in [1.82, 2.24) is 5.32 Å². The largest absolute Gasteiger partial charge is 0.493 e. The van der Waals surface area contributed by atoms with Crippen LogP contribution in [0.5, 0.6) is 11.5 Å². The van der Waals surface area contributed by atoms with E-state index in [1.54, 1.807) is 14.2 Å². The molecule has 0 aliphatic heterocycles. The van der Waals surface area contributed by atoms with E-state index in [4.69, 9.17) is 9.47 Å². The summed E-state index contributed by atoms with van der Waals surface area (Å²) in [5.41, 5.74) is 1.30. The zero-order valence-electron chi connectivity index (χ0n) is 13.8. The fourth-order valence-electron chi connectivity index (χ4n) is 3.65. The van der Waals surface area contributed by atoms with Crippen LogP contribution in [-0.2, 0) is 0 Å². The van der Waals surface area contributed by atoms with Gasteiger partial charge in [-0.3, -0.25) is 0 Å². The van der Waals surface area contributed by atoms with Gasteiger partial charge in [-0.2, -0.15) is 0 Å². The van der Waals surface area contributed by atoms with Gasteiger partial charge in [-0.15, -0.1) is 0 Å². The summed E-state index contributed by atoms with van der Waals surface area (Å²) in [7, 11) is 5.44. The molecule has 1 atom stereocenters. The number of hydrogen-bond acceptors (Lipinski definition) is 3. The Bertz CT molecular complexity index is 439. The topological polar surface area (TPSA) is 30.5 Å². The van der Waals surface area contributed by atoms with Crippen LogP contribution in [0, 0.1) is 11.8 Å². The summed E-state index contributed by atoms with van der Waals surface area (Å²) in [6.07, 6.45) is 6.70. The van der Waals surface area contributed by atoms with Crippen LogP contribution >= 0.6 is 0 Å². The standard InChI is InChI=1S/C18H29NO2/c1-5-13-6-8-14(9-7-13)18(19-2)15-10-11-16(20-3)17(12-15)21-4/h10-14,18-19H,5-9H2,1-4H3. The minimum Gasteiger partial charge on any atom is -0.493 e. The maximum absolute atomic E-state index is 5.44. The molecule has 0 amide bonds. The Morgan fingerprint density at radius 2 is 1.76 bits per heavy atom. The highest BCUT2D eigenvalue weighted by Gasteiger charge is 2.27. The second kappa shape index (κ2) is 7.69. The van der Waals surface area contributed by atoms with Crippen molar-refractivity contribution in [3.8, 4) is 11.5 Å². The van der Waals surface area contributed by atoms with E-state index in [9.17, 15) is 0 Å². The van der Waals surface area contributed by atoms with Gasteiger partial charge in [0.1, 0.15) is 0 Å². The number of methoxy groups -OCH3 is 2. The molecule has 1 aliphatic carbocycles. The molecule has 21 heavy (non-hydrogen) atoms. The van der Waals surface area contributed by atoms with Gasteiger partial charge >= 0.3 is 0 Å². The van der Waals surface area contributed by atoms with Crippen molar-refractivity contribution in [2.45, 2.75) is 45.1 Å². The van der Waals surface area contributed by atoms with Crippen molar-refractivity contribution in [2.75, 3.05) is 21.3 Å². The normalized spacial score (nSPS) is 23.6. The summed E-state index contributed by atoms with van der Waals surface area (Å²) >= 11 is 0. The third-order valence-corrected chi connectivity index (χ3v) is 5.02. The minimum absolute atomic E-state index is 0.405. The molecule has 1 unspecified atom stereocenters. The quantitative estimate of drug-likeness (QED) is 0.853. The lowest BCUT2D eigenvalue weighted by molar-refractivity contribution is 0.224. The number of hydrogen-bond donors (Lipinski definition) is 1. The maximum atomic E-state index is 5.44. The highest BCUT2D eigenvalue weighted by Crippen LogP contribution is 2.39. The molecule has 1 aliphatic rings. The molecule has 1 N–H and O–H groups in total. The molecule has 2 rings (SSSR count). The molecule has 0 heterocycles. The molecule has 1 saturated carbocycles. The van der Waals surface area contributed by atoms with Crippen LogP contribution in [0.15, 0.2) is 18.2 Å². The van der Waals surface area contributed by atoms with Crippen LogP contribution in [0.2, 0.25) is 0 Å². The van der Waals surface area contributed by atoms with Crippen LogP contribution in [0.25, 0.3) is 0 Å². The minimum atomic E-state index is 0.405. The van der Waals surface area contributed by atoms with Crippen LogP contribution in [0.4, 0.5) is 0 Å². The molecule has 3 nitrogen and oxygen atoms in total. The predicted molar refractivity (Wildman–Crippen MR) is 87.1 cm³/mol. The lowest BCUT2D eigenvalue weighted by Crippen LogP contribution is -2.28. The first-order valence-electron chi connectivity index (χ1n) is 8.12. The van der Waals surface area contributed by atoms with Crippen LogP contribution in [0.3, 0.4) is 0 Å². The molecule has 3 heteroatoms. The summed E-state index contributed by atoms with van der Waals surface area (Å²) in [5.74, 6) is 3.27. The van der Waals surface area contributed by atoms with Crippen molar-refractivity contribution in [1.29, 1.82) is 0 Å². The zero-order chi connectivity index (χ0) is 15.2. The average Bonchev–Trinajstić information content (AvgIpc) is 2.56. The molecule has 1 fully saturated rings. The van der Waals surface area contributed by atoms with Gasteiger partial charge in [-0.05, 0) is 49.4 Å². The van der Waals surface area contributed by atoms with Gasteiger partial charge in [-0.25, -0.2) is 0 Å². The van der Waals surface area contributed by atoms with Gasteiger partial charge < -0.3 is 14.8 Å². The predicted octanol–water partition coefficient (Wildman–Crippen LogP) is 4.18. The van der Waals surface area contributed by atoms with Crippen molar-refractivity contribution in [2.24, 2.45) is 11.8 Å². The molecule has 0 bridgehead atoms. The molecular weight excluding hydrogens is 262 g/mol. The van der Waals surface area contributed by atoms with Gasteiger partial charge in [-0.1, -0.05) is 32.3 Å². The first kappa shape index (κ1) is 16.2. The summed E-state index contributed by atoms with van der Waals surface area (Å²) in [5, 5.41) is 3.51. The summed E-state index contributed by atoms with van der Waals surface area (Å²) in [6.45, 7) is 2.31. The molecule has 118 valence electrons. The number of ether oxygens (including phenoxy) is 2. The van der Waals surface area contributed by atoms with Crippen LogP contribution < -0.4 is 14.8 Å². The first-order chi connectivity index (χ1) is 10.2. The Kier molecular flexibility index (Phi) is 5.92. The molecule has 0 radical (unpaired) electrons. The van der Waals surface area contributed by atoms with Gasteiger partial charge in [0.2, 0.25) is 0 Å². The Hall–Kier alpha value is -1.22. The van der Waals surface area contributed by atoms with Gasteiger partial charge in [0.25, 0.3) is 0 Å². The Balaban J connectivity index is 2.14. The summed E-state index contributed by atoms with van der Waals surface area (Å²) in [4.78, 5) is 0. The SMILES string of the molecule is CCC1CCC(C(NC)c2ccc(OC)c(OC)c2)CC1. The van der Waals surface area contributed by atoms with E-state index in [0.717, 1.165) is 23.3 Å². The van der Waals surface area contributed by atoms with Crippen LogP contribution in [0.1, 0.15) is 50.6 Å². The molecule has 0 saturated heterocycles. The van der Waals surface area contributed by atoms with Crippen molar-refractivity contribution in [3.05, 3.63) is 23.8 Å². The molecular formula is C18H29NO2. The van der Waals surface area contributed by atoms with E-state index in [2.05, 4.69) is 31.4 Å². The molecule has 0 aromatic heterocycles. The Morgan fingerprint density at radius 1 is 1.10 bits per heavy atom. The lowest BCUT2D eigenvalue weighted by atomic mass is 9.76. The molecule has 1 aromatic carbocycles. The smallest absolute Gasteiger partial charge is 0.161 e. The maximum Gasteiger partial charge on any atom is 0.161 e. The first-order valence-corrected chi connectivity index (χ1v) is 8.12. The van der Waals surface area contributed by atoms with Crippen molar-refractivity contribution in [3.63, 3.8) is 0 Å². The average molecular weight is 291 g/mol. The van der Waals surface area contributed by atoms with E-state index in [1.165, 1.54) is 37.7 Å².